The number of hydrogen-bond donors (Lipinski definition) is 1. The van der Waals surface area contributed by atoms with Crippen LogP contribution in [0.15, 0.2) is 16.3 Å². The van der Waals surface area contributed by atoms with Gasteiger partial charge in [-0.25, -0.2) is 4.79 Å². The van der Waals surface area contributed by atoms with Gasteiger partial charge in [-0.3, -0.25) is 4.55 Å². The van der Waals surface area contributed by atoms with Crippen molar-refractivity contribution in [2.75, 3.05) is 0 Å². The normalized spacial score (nSPS) is 11.7. The molecular formula is C8H10O5S2. The molecule has 7 heteroatoms. The van der Waals surface area contributed by atoms with Gasteiger partial charge in [0.2, 0.25) is 0 Å². The van der Waals surface area contributed by atoms with Gasteiger partial charge in [-0.05, 0) is 25.3 Å². The van der Waals surface area contributed by atoms with Crippen LogP contribution in [0.1, 0.15) is 23.5 Å². The maximum absolute atomic E-state index is 11.4. The number of hydrogen-bond acceptors (Lipinski definition) is 5. The summed E-state index contributed by atoms with van der Waals surface area (Å²) in [6.45, 7) is 3.30. The summed E-state index contributed by atoms with van der Waals surface area (Å²) in [6.07, 6.45) is -0.339. The van der Waals surface area contributed by atoms with Gasteiger partial charge in [0.05, 0.1) is 6.10 Å². The molecule has 0 amide bonds. The van der Waals surface area contributed by atoms with Crippen LogP contribution >= 0.6 is 11.3 Å². The SMILES string of the molecule is CC(C)OC(=O)c1sccc1S(=O)(=O)O. The fraction of sp³-hybridized carbons (Fsp3) is 0.375. The standard InChI is InChI=1S/C8H10O5S2/c1-5(2)13-8(9)7-6(3-4-14-7)15(10,11)12/h3-5H,1-2H3,(H,10,11,12). The van der Waals surface area contributed by atoms with Crippen molar-refractivity contribution in [2.45, 2.75) is 24.8 Å². The van der Waals surface area contributed by atoms with E-state index in [0.717, 1.165) is 17.4 Å². The highest BCUT2D eigenvalue weighted by molar-refractivity contribution is 7.86. The van der Waals surface area contributed by atoms with E-state index in [-0.39, 0.29) is 11.0 Å². The maximum atomic E-state index is 11.4. The molecular weight excluding hydrogens is 240 g/mol. The van der Waals surface area contributed by atoms with Crippen molar-refractivity contribution in [3.8, 4) is 0 Å². The molecule has 0 saturated heterocycles. The van der Waals surface area contributed by atoms with Crippen LogP contribution in [0.4, 0.5) is 0 Å². The third kappa shape index (κ3) is 3.01. The Morgan fingerprint density at radius 3 is 2.60 bits per heavy atom. The highest BCUT2D eigenvalue weighted by atomic mass is 32.2. The molecule has 15 heavy (non-hydrogen) atoms. The minimum Gasteiger partial charge on any atom is -0.459 e. The van der Waals surface area contributed by atoms with Crippen LogP contribution in [0.5, 0.6) is 0 Å². The first-order valence-electron chi connectivity index (χ1n) is 4.08. The third-order valence-corrected chi connectivity index (χ3v) is 3.35. The number of carbonyl (C=O) groups excluding carboxylic acids is 1. The fourth-order valence-corrected chi connectivity index (χ4v) is 2.69. The van der Waals surface area contributed by atoms with Crippen molar-refractivity contribution in [1.82, 2.24) is 0 Å². The summed E-state index contributed by atoms with van der Waals surface area (Å²) in [5.74, 6) is -0.743. The van der Waals surface area contributed by atoms with Crippen LogP contribution in [-0.2, 0) is 14.9 Å². The Kier molecular flexibility index (Phi) is 3.48. The molecule has 0 atom stereocenters. The van der Waals surface area contributed by atoms with E-state index in [1.165, 1.54) is 5.38 Å². The lowest BCUT2D eigenvalue weighted by Crippen LogP contribution is -2.13. The fourth-order valence-electron chi connectivity index (χ4n) is 0.917. The average molecular weight is 250 g/mol. The van der Waals surface area contributed by atoms with Crippen molar-refractivity contribution < 1.29 is 22.5 Å². The summed E-state index contributed by atoms with van der Waals surface area (Å²) in [6, 6.07) is 1.16. The zero-order chi connectivity index (χ0) is 11.6. The molecule has 0 bridgehead atoms. The van der Waals surface area contributed by atoms with Gasteiger partial charge < -0.3 is 4.74 Å². The number of esters is 1. The lowest BCUT2D eigenvalue weighted by Gasteiger charge is -2.06. The number of carbonyl (C=O) groups is 1. The van der Waals surface area contributed by atoms with E-state index in [0.29, 0.717) is 0 Å². The number of rotatable bonds is 3. The molecule has 1 aromatic rings. The zero-order valence-corrected chi connectivity index (χ0v) is 9.76. The molecule has 0 aromatic carbocycles. The third-order valence-electron chi connectivity index (χ3n) is 1.44. The maximum Gasteiger partial charge on any atom is 0.350 e. The predicted octanol–water partition coefficient (Wildman–Crippen LogP) is 1.56. The first-order valence-corrected chi connectivity index (χ1v) is 6.40. The Morgan fingerprint density at radius 1 is 1.53 bits per heavy atom. The number of ether oxygens (including phenoxy) is 1. The van der Waals surface area contributed by atoms with E-state index in [1.54, 1.807) is 13.8 Å². The van der Waals surface area contributed by atoms with Gasteiger partial charge in [0, 0.05) is 0 Å². The smallest absolute Gasteiger partial charge is 0.350 e. The highest BCUT2D eigenvalue weighted by Gasteiger charge is 2.23. The first kappa shape index (κ1) is 12.2. The molecule has 1 rings (SSSR count). The van der Waals surface area contributed by atoms with Crippen molar-refractivity contribution in [3.05, 3.63) is 16.3 Å². The van der Waals surface area contributed by atoms with E-state index < -0.39 is 21.0 Å². The van der Waals surface area contributed by atoms with Crippen LogP contribution in [0.2, 0.25) is 0 Å². The van der Waals surface area contributed by atoms with Crippen LogP contribution < -0.4 is 0 Å². The second kappa shape index (κ2) is 4.30. The Hall–Kier alpha value is -0.920. The Balaban J connectivity index is 3.06. The van der Waals surface area contributed by atoms with Gasteiger partial charge >= 0.3 is 5.97 Å². The minimum absolute atomic E-state index is 0.105. The van der Waals surface area contributed by atoms with Gasteiger partial charge in [0.1, 0.15) is 9.77 Å². The second-order valence-electron chi connectivity index (χ2n) is 3.04. The topological polar surface area (TPSA) is 80.7 Å². The molecule has 0 aliphatic carbocycles. The average Bonchev–Trinajstić information content (AvgIpc) is 2.48. The Morgan fingerprint density at radius 2 is 2.13 bits per heavy atom. The quantitative estimate of drug-likeness (QED) is 0.650. The number of thiophene rings is 1. The van der Waals surface area contributed by atoms with Gasteiger partial charge in [-0.2, -0.15) is 8.42 Å². The van der Waals surface area contributed by atoms with Crippen LogP contribution in [0.3, 0.4) is 0 Å². The molecule has 0 fully saturated rings. The van der Waals surface area contributed by atoms with Crippen LogP contribution in [0.25, 0.3) is 0 Å². The van der Waals surface area contributed by atoms with Crippen LogP contribution in [0, 0.1) is 0 Å². The van der Waals surface area contributed by atoms with E-state index in [1.807, 2.05) is 0 Å². The molecule has 0 unspecified atom stereocenters. The summed E-state index contributed by atoms with van der Waals surface area (Å²) in [5, 5.41) is 1.40. The molecule has 0 saturated carbocycles. The highest BCUT2D eigenvalue weighted by Crippen LogP contribution is 2.22. The van der Waals surface area contributed by atoms with Gasteiger partial charge in [0.25, 0.3) is 10.1 Å². The molecule has 5 nitrogen and oxygen atoms in total. The predicted molar refractivity (Wildman–Crippen MR) is 54.7 cm³/mol. The summed E-state index contributed by atoms with van der Waals surface area (Å²) in [4.78, 5) is 10.9. The summed E-state index contributed by atoms with van der Waals surface area (Å²) >= 11 is 0.913. The van der Waals surface area contributed by atoms with E-state index >= 15 is 0 Å². The molecule has 1 N–H and O–H groups in total. The summed E-state index contributed by atoms with van der Waals surface area (Å²) in [7, 11) is -4.36. The summed E-state index contributed by atoms with van der Waals surface area (Å²) < 4.78 is 35.4. The Labute approximate surface area is 91.4 Å². The zero-order valence-electron chi connectivity index (χ0n) is 8.13. The van der Waals surface area contributed by atoms with Gasteiger partial charge in [0.15, 0.2) is 0 Å². The molecule has 0 radical (unpaired) electrons. The van der Waals surface area contributed by atoms with Gasteiger partial charge in [-0.1, -0.05) is 0 Å². The van der Waals surface area contributed by atoms with E-state index in [9.17, 15) is 13.2 Å². The van der Waals surface area contributed by atoms with Crippen molar-refractivity contribution in [2.24, 2.45) is 0 Å². The molecule has 1 aromatic heterocycles. The summed E-state index contributed by atoms with van der Waals surface area (Å²) in [5.41, 5.74) is 0. The lowest BCUT2D eigenvalue weighted by atomic mass is 10.4. The van der Waals surface area contributed by atoms with E-state index in [4.69, 9.17) is 9.29 Å². The first-order chi connectivity index (χ1) is 6.82. The van der Waals surface area contributed by atoms with E-state index in [2.05, 4.69) is 0 Å². The van der Waals surface area contributed by atoms with Crippen LogP contribution in [-0.4, -0.2) is 25.0 Å². The molecule has 0 aliphatic heterocycles. The Bertz CT molecular complexity index is 457. The van der Waals surface area contributed by atoms with Crippen molar-refractivity contribution in [3.63, 3.8) is 0 Å². The molecule has 0 aliphatic rings. The van der Waals surface area contributed by atoms with Gasteiger partial charge in [-0.15, -0.1) is 11.3 Å². The molecule has 1 heterocycles. The lowest BCUT2D eigenvalue weighted by molar-refractivity contribution is 0.0379. The molecule has 0 spiro atoms. The van der Waals surface area contributed by atoms with Crippen molar-refractivity contribution in [1.29, 1.82) is 0 Å². The second-order valence-corrected chi connectivity index (χ2v) is 5.35. The molecule has 84 valence electrons. The van der Waals surface area contributed by atoms with Crippen molar-refractivity contribution >= 4 is 27.4 Å². The monoisotopic (exact) mass is 250 g/mol. The largest absolute Gasteiger partial charge is 0.459 e. The minimum atomic E-state index is -4.36.